The number of hydrogen-bond donors (Lipinski definition) is 0. The minimum atomic E-state index is -0.358. The third-order valence-corrected chi connectivity index (χ3v) is 6.28. The van der Waals surface area contributed by atoms with E-state index in [1.54, 1.807) is 32.4 Å². The molecule has 0 N–H and O–H groups in total. The van der Waals surface area contributed by atoms with Crippen LogP contribution >= 0.6 is 15.9 Å². The van der Waals surface area contributed by atoms with E-state index in [-0.39, 0.29) is 24.4 Å². The Kier molecular flexibility index (Phi) is 6.65. The molecule has 1 heterocycles. The molecular weight excluding hydrogens is 477 g/mol. The van der Waals surface area contributed by atoms with Crippen molar-refractivity contribution < 1.29 is 23.4 Å². The minimum absolute atomic E-state index is 0.0920. The number of carbonyl (C=O) groups is 1. The quantitative estimate of drug-likeness (QED) is 0.454. The lowest BCUT2D eigenvalue weighted by Gasteiger charge is -2.38. The molecule has 0 saturated heterocycles. The number of hydrogen-bond acceptors (Lipinski definition) is 4. The van der Waals surface area contributed by atoms with Crippen LogP contribution in [0, 0.1) is 5.82 Å². The zero-order valence-electron chi connectivity index (χ0n) is 17.8. The smallest absolute Gasteiger partial charge is 0.255 e. The van der Waals surface area contributed by atoms with E-state index in [2.05, 4.69) is 15.9 Å². The SMILES string of the molecule is COc1cc2c(cc1OC)[C@@H](COc1ccc(F)cc1)N(C(=O)c1ccccc1Br)CC2. The number of ether oxygens (including phenoxy) is 3. The summed E-state index contributed by atoms with van der Waals surface area (Å²) in [6.45, 7) is 0.740. The van der Waals surface area contributed by atoms with Crippen molar-refractivity contribution in [2.75, 3.05) is 27.4 Å². The summed E-state index contributed by atoms with van der Waals surface area (Å²) in [6.07, 6.45) is 0.679. The lowest BCUT2D eigenvalue weighted by Crippen LogP contribution is -2.42. The average molecular weight is 500 g/mol. The molecular formula is C25H23BrFNO4. The molecule has 0 saturated carbocycles. The molecule has 32 heavy (non-hydrogen) atoms. The normalized spacial score (nSPS) is 15.1. The van der Waals surface area contributed by atoms with Gasteiger partial charge in [0.1, 0.15) is 18.2 Å². The maximum atomic E-state index is 13.5. The van der Waals surface area contributed by atoms with Crippen molar-refractivity contribution >= 4 is 21.8 Å². The number of fused-ring (bicyclic) bond motifs is 1. The molecule has 7 heteroatoms. The number of methoxy groups -OCH3 is 2. The molecule has 0 aromatic heterocycles. The number of halogens is 2. The molecule has 166 valence electrons. The molecule has 1 aliphatic rings. The molecule has 4 rings (SSSR count). The van der Waals surface area contributed by atoms with E-state index >= 15 is 0 Å². The van der Waals surface area contributed by atoms with E-state index < -0.39 is 0 Å². The number of amides is 1. The van der Waals surface area contributed by atoms with Gasteiger partial charge in [0.25, 0.3) is 5.91 Å². The summed E-state index contributed by atoms with van der Waals surface area (Å²) in [5.74, 6) is 1.35. The summed E-state index contributed by atoms with van der Waals surface area (Å²) in [6, 6.07) is 16.7. The van der Waals surface area contributed by atoms with Crippen LogP contribution in [0.15, 0.2) is 65.1 Å². The predicted molar refractivity (Wildman–Crippen MR) is 123 cm³/mol. The molecule has 1 aliphatic heterocycles. The lowest BCUT2D eigenvalue weighted by atomic mass is 9.91. The first kappa shape index (κ1) is 22.1. The monoisotopic (exact) mass is 499 g/mol. The highest BCUT2D eigenvalue weighted by atomic mass is 79.9. The second-order valence-electron chi connectivity index (χ2n) is 7.42. The first-order chi connectivity index (χ1) is 15.5. The summed E-state index contributed by atoms with van der Waals surface area (Å²) in [7, 11) is 3.19. The molecule has 1 atom stereocenters. The van der Waals surface area contributed by atoms with Crippen LogP contribution in [0.4, 0.5) is 4.39 Å². The molecule has 0 spiro atoms. The van der Waals surface area contributed by atoms with E-state index in [1.807, 2.05) is 35.2 Å². The number of rotatable bonds is 6. The third kappa shape index (κ3) is 4.43. The van der Waals surface area contributed by atoms with Gasteiger partial charge in [0.05, 0.1) is 25.8 Å². The topological polar surface area (TPSA) is 48.0 Å². The van der Waals surface area contributed by atoms with Crippen molar-refractivity contribution in [3.8, 4) is 17.2 Å². The molecule has 5 nitrogen and oxygen atoms in total. The van der Waals surface area contributed by atoms with Crippen LogP contribution in [0.1, 0.15) is 27.5 Å². The van der Waals surface area contributed by atoms with Gasteiger partial charge in [-0.25, -0.2) is 4.39 Å². The number of nitrogens with zero attached hydrogens (tertiary/aromatic N) is 1. The van der Waals surface area contributed by atoms with E-state index in [0.29, 0.717) is 35.8 Å². The molecule has 0 aliphatic carbocycles. The van der Waals surface area contributed by atoms with E-state index in [0.717, 1.165) is 15.6 Å². The van der Waals surface area contributed by atoms with Crippen LogP contribution in [-0.4, -0.2) is 38.2 Å². The van der Waals surface area contributed by atoms with Crippen LogP contribution in [0.25, 0.3) is 0 Å². The fraction of sp³-hybridized carbons (Fsp3) is 0.240. The van der Waals surface area contributed by atoms with Crippen molar-refractivity contribution in [3.63, 3.8) is 0 Å². The maximum absolute atomic E-state index is 13.5. The van der Waals surface area contributed by atoms with Crippen molar-refractivity contribution in [1.82, 2.24) is 4.90 Å². The summed E-state index contributed by atoms with van der Waals surface area (Å²) >= 11 is 3.49. The molecule has 0 radical (unpaired) electrons. The zero-order chi connectivity index (χ0) is 22.7. The van der Waals surface area contributed by atoms with Gasteiger partial charge in [-0.2, -0.15) is 0 Å². The van der Waals surface area contributed by atoms with Crippen molar-refractivity contribution in [2.24, 2.45) is 0 Å². The Bertz CT molecular complexity index is 1120. The second kappa shape index (κ2) is 9.61. The second-order valence-corrected chi connectivity index (χ2v) is 8.27. The van der Waals surface area contributed by atoms with Crippen LogP contribution in [-0.2, 0) is 6.42 Å². The van der Waals surface area contributed by atoms with Gasteiger partial charge in [-0.15, -0.1) is 0 Å². The Balaban J connectivity index is 1.71. The van der Waals surface area contributed by atoms with Crippen LogP contribution < -0.4 is 14.2 Å². The summed E-state index contributed by atoms with van der Waals surface area (Å²) in [5.41, 5.74) is 2.60. The molecule has 0 unspecified atom stereocenters. The van der Waals surface area contributed by atoms with Gasteiger partial charge in [0.15, 0.2) is 11.5 Å². The zero-order valence-corrected chi connectivity index (χ0v) is 19.4. The van der Waals surface area contributed by atoms with Gasteiger partial charge in [-0.05, 0) is 82.0 Å². The molecule has 3 aromatic rings. The number of benzene rings is 3. The summed E-state index contributed by atoms with van der Waals surface area (Å²) < 4.78 is 31.0. The van der Waals surface area contributed by atoms with Crippen molar-refractivity contribution in [1.29, 1.82) is 0 Å². The fourth-order valence-corrected chi connectivity index (χ4v) is 4.40. The van der Waals surface area contributed by atoms with E-state index in [9.17, 15) is 9.18 Å². The van der Waals surface area contributed by atoms with Crippen LogP contribution in [0.5, 0.6) is 17.2 Å². The Morgan fingerprint density at radius 3 is 2.44 bits per heavy atom. The van der Waals surface area contributed by atoms with Gasteiger partial charge in [-0.1, -0.05) is 12.1 Å². The first-order valence-corrected chi connectivity index (χ1v) is 11.0. The predicted octanol–water partition coefficient (Wildman–Crippen LogP) is 5.42. The minimum Gasteiger partial charge on any atom is -0.493 e. The first-order valence-electron chi connectivity index (χ1n) is 10.2. The maximum Gasteiger partial charge on any atom is 0.255 e. The van der Waals surface area contributed by atoms with Crippen molar-refractivity contribution in [3.05, 3.63) is 87.6 Å². The highest BCUT2D eigenvalue weighted by Crippen LogP contribution is 2.39. The highest BCUT2D eigenvalue weighted by molar-refractivity contribution is 9.10. The summed E-state index contributed by atoms with van der Waals surface area (Å²) in [4.78, 5) is 15.3. The molecule has 3 aromatic carbocycles. The van der Waals surface area contributed by atoms with E-state index in [1.165, 1.54) is 12.1 Å². The molecule has 1 amide bonds. The Morgan fingerprint density at radius 2 is 1.75 bits per heavy atom. The summed E-state index contributed by atoms with van der Waals surface area (Å²) in [5, 5.41) is 0. The Morgan fingerprint density at radius 1 is 1.06 bits per heavy atom. The fourth-order valence-electron chi connectivity index (χ4n) is 3.95. The average Bonchev–Trinajstić information content (AvgIpc) is 2.82. The van der Waals surface area contributed by atoms with Crippen molar-refractivity contribution in [2.45, 2.75) is 12.5 Å². The third-order valence-electron chi connectivity index (χ3n) is 5.59. The standard InChI is InChI=1S/C25H23BrFNO4/c1-30-23-13-16-11-12-28(25(29)19-5-3-4-6-21(19)26)22(20(16)14-24(23)31-2)15-32-18-9-7-17(27)8-10-18/h3-10,13-14,22H,11-12,15H2,1-2H3/t22-/m1/s1. The van der Waals surface area contributed by atoms with Gasteiger partial charge >= 0.3 is 0 Å². The van der Waals surface area contributed by atoms with E-state index in [4.69, 9.17) is 14.2 Å². The van der Waals surface area contributed by atoms with Gasteiger partial charge in [0, 0.05) is 11.0 Å². The lowest BCUT2D eigenvalue weighted by molar-refractivity contribution is 0.0588. The Hall–Kier alpha value is -3.06. The van der Waals surface area contributed by atoms with Gasteiger partial charge in [-0.3, -0.25) is 4.79 Å². The highest BCUT2D eigenvalue weighted by Gasteiger charge is 2.34. The largest absolute Gasteiger partial charge is 0.493 e. The Labute approximate surface area is 194 Å². The number of carbonyl (C=O) groups excluding carboxylic acids is 1. The molecule has 0 bridgehead atoms. The van der Waals surface area contributed by atoms with Crippen LogP contribution in [0.3, 0.4) is 0 Å². The van der Waals surface area contributed by atoms with Gasteiger partial charge in [0.2, 0.25) is 0 Å². The van der Waals surface area contributed by atoms with Gasteiger partial charge < -0.3 is 19.1 Å². The molecule has 0 fully saturated rings. The van der Waals surface area contributed by atoms with Crippen LogP contribution in [0.2, 0.25) is 0 Å².